The summed E-state index contributed by atoms with van der Waals surface area (Å²) >= 11 is 1.06. The highest BCUT2D eigenvalue weighted by molar-refractivity contribution is 8.01. The van der Waals surface area contributed by atoms with Crippen LogP contribution in [0.4, 0.5) is 15.8 Å². The molecule has 0 saturated heterocycles. The highest BCUT2D eigenvalue weighted by Gasteiger charge is 2.24. The van der Waals surface area contributed by atoms with Crippen molar-refractivity contribution in [2.45, 2.75) is 46.0 Å². The van der Waals surface area contributed by atoms with E-state index in [0.717, 1.165) is 11.8 Å². The van der Waals surface area contributed by atoms with Crippen LogP contribution in [0, 0.1) is 11.2 Å². The van der Waals surface area contributed by atoms with Gasteiger partial charge in [0.15, 0.2) is 6.10 Å². The first-order chi connectivity index (χ1) is 15.9. The predicted molar refractivity (Wildman–Crippen MR) is 131 cm³/mol. The van der Waals surface area contributed by atoms with Gasteiger partial charge in [0.25, 0.3) is 0 Å². The first kappa shape index (κ1) is 27.0. The van der Waals surface area contributed by atoms with Gasteiger partial charge in [-0.25, -0.2) is 4.39 Å². The Morgan fingerprint density at radius 1 is 0.912 bits per heavy atom. The Labute approximate surface area is 202 Å². The molecule has 2 aromatic carbocycles. The first-order valence-corrected chi connectivity index (χ1v) is 11.7. The summed E-state index contributed by atoms with van der Waals surface area (Å²) in [5, 5.41) is 4.71. The molecule has 0 radical (unpaired) electrons. The molecule has 0 aliphatic rings. The number of benzene rings is 2. The minimum Gasteiger partial charge on any atom is -0.453 e. The smallest absolute Gasteiger partial charge is 0.319 e. The molecular formula is C25H29FN2O5S. The van der Waals surface area contributed by atoms with E-state index in [4.69, 9.17) is 4.74 Å². The molecule has 2 rings (SSSR count). The number of hydrogen-bond acceptors (Lipinski definition) is 6. The number of ether oxygens (including phenoxy) is 1. The number of anilines is 2. The maximum atomic E-state index is 12.9. The highest BCUT2D eigenvalue weighted by atomic mass is 32.2. The third-order valence-corrected chi connectivity index (χ3v) is 5.82. The van der Waals surface area contributed by atoms with E-state index >= 15 is 0 Å². The molecule has 0 spiro atoms. The quantitative estimate of drug-likeness (QED) is 0.392. The lowest BCUT2D eigenvalue weighted by Gasteiger charge is -2.18. The van der Waals surface area contributed by atoms with Crippen LogP contribution in [0.3, 0.4) is 0 Å². The summed E-state index contributed by atoms with van der Waals surface area (Å²) in [4.78, 5) is 49.1. The summed E-state index contributed by atoms with van der Waals surface area (Å²) in [6.45, 7) is 8.46. The Balaban J connectivity index is 1.83. The molecule has 7 nitrogen and oxygen atoms in total. The van der Waals surface area contributed by atoms with Gasteiger partial charge in [-0.3, -0.25) is 19.2 Å². The summed E-state index contributed by atoms with van der Waals surface area (Å²) in [6.07, 6.45) is -1.02. The average Bonchev–Trinajstić information content (AvgIpc) is 2.78. The minimum atomic E-state index is -1.02. The summed E-state index contributed by atoms with van der Waals surface area (Å²) in [5.41, 5.74) is 0.802. The van der Waals surface area contributed by atoms with Crippen LogP contribution >= 0.6 is 11.8 Å². The third kappa shape index (κ3) is 8.30. The van der Waals surface area contributed by atoms with Crippen LogP contribution in [0.5, 0.6) is 0 Å². The monoisotopic (exact) mass is 488 g/mol. The number of carbonyl (C=O) groups excluding carboxylic acids is 4. The van der Waals surface area contributed by atoms with E-state index in [0.29, 0.717) is 16.9 Å². The molecule has 0 saturated carbocycles. The summed E-state index contributed by atoms with van der Waals surface area (Å²) in [5.74, 6) is -1.92. The van der Waals surface area contributed by atoms with Crippen molar-refractivity contribution in [2.75, 3.05) is 16.4 Å². The van der Waals surface area contributed by atoms with Gasteiger partial charge in [-0.15, -0.1) is 11.8 Å². The fourth-order valence-corrected chi connectivity index (χ4v) is 3.26. The standard InChI is InChI=1S/C25H29FN2O5S/c1-15(22(30)17-6-10-20(11-7-17)28-24(32)25(3,4)5)33-23(31)16(2)34-14-21(29)27-19-12-8-18(26)9-13-19/h6-13,15-16H,14H2,1-5H3,(H,27,29)(H,28,32). The first-order valence-electron chi connectivity index (χ1n) is 10.7. The number of thioether (sulfide) groups is 1. The van der Waals surface area contributed by atoms with Crippen LogP contribution < -0.4 is 10.6 Å². The Hall–Kier alpha value is -3.20. The molecule has 2 amide bonds. The third-order valence-electron chi connectivity index (χ3n) is 4.69. The van der Waals surface area contributed by atoms with Crippen LogP contribution in [0.2, 0.25) is 0 Å². The number of nitrogens with one attached hydrogen (secondary N) is 2. The number of carbonyl (C=O) groups is 4. The van der Waals surface area contributed by atoms with E-state index < -0.39 is 28.6 Å². The second kappa shape index (κ2) is 11.8. The van der Waals surface area contributed by atoms with Crippen molar-refractivity contribution >= 4 is 46.7 Å². The van der Waals surface area contributed by atoms with Gasteiger partial charge in [0.2, 0.25) is 17.6 Å². The molecule has 0 aliphatic heterocycles. The van der Waals surface area contributed by atoms with E-state index in [9.17, 15) is 23.6 Å². The van der Waals surface area contributed by atoms with Crippen LogP contribution in [0.1, 0.15) is 45.0 Å². The molecule has 2 aromatic rings. The zero-order chi connectivity index (χ0) is 25.5. The number of halogens is 1. The fourth-order valence-electron chi connectivity index (χ4n) is 2.59. The molecule has 0 heterocycles. The van der Waals surface area contributed by atoms with Crippen molar-refractivity contribution in [3.05, 3.63) is 59.9 Å². The van der Waals surface area contributed by atoms with Gasteiger partial charge in [0.1, 0.15) is 11.1 Å². The van der Waals surface area contributed by atoms with Crippen molar-refractivity contribution in [3.8, 4) is 0 Å². The van der Waals surface area contributed by atoms with E-state index in [-0.39, 0.29) is 23.4 Å². The Morgan fingerprint density at radius 3 is 2.00 bits per heavy atom. The molecule has 2 N–H and O–H groups in total. The number of amides is 2. The molecule has 182 valence electrons. The second-order valence-electron chi connectivity index (χ2n) is 8.73. The van der Waals surface area contributed by atoms with Crippen molar-refractivity contribution in [1.29, 1.82) is 0 Å². The maximum Gasteiger partial charge on any atom is 0.319 e. The normalized spacial score (nSPS) is 12.9. The molecule has 2 unspecified atom stereocenters. The lowest BCUT2D eigenvalue weighted by Crippen LogP contribution is -2.29. The van der Waals surface area contributed by atoms with Gasteiger partial charge in [-0.1, -0.05) is 20.8 Å². The fraction of sp³-hybridized carbons (Fsp3) is 0.360. The molecule has 2 atom stereocenters. The Kier molecular flexibility index (Phi) is 9.37. The Bertz CT molecular complexity index is 1030. The van der Waals surface area contributed by atoms with Crippen molar-refractivity contribution in [3.63, 3.8) is 0 Å². The van der Waals surface area contributed by atoms with E-state index in [1.807, 2.05) is 0 Å². The van der Waals surface area contributed by atoms with Gasteiger partial charge >= 0.3 is 5.97 Å². The van der Waals surface area contributed by atoms with Crippen molar-refractivity contribution in [1.82, 2.24) is 0 Å². The number of ketones is 1. The van der Waals surface area contributed by atoms with E-state index in [1.165, 1.54) is 31.2 Å². The topological polar surface area (TPSA) is 102 Å². The van der Waals surface area contributed by atoms with Gasteiger partial charge in [-0.2, -0.15) is 0 Å². The number of Topliss-reactive ketones (excluding diaryl/α,β-unsaturated/α-hetero) is 1. The van der Waals surface area contributed by atoms with Gasteiger partial charge in [-0.05, 0) is 62.4 Å². The summed E-state index contributed by atoms with van der Waals surface area (Å²) in [7, 11) is 0. The number of hydrogen-bond donors (Lipinski definition) is 2. The summed E-state index contributed by atoms with van der Waals surface area (Å²) in [6, 6.07) is 11.7. The van der Waals surface area contributed by atoms with Crippen LogP contribution in [0.25, 0.3) is 0 Å². The maximum absolute atomic E-state index is 12.9. The highest BCUT2D eigenvalue weighted by Crippen LogP contribution is 2.19. The molecule has 0 fully saturated rings. The lowest BCUT2D eigenvalue weighted by atomic mass is 9.95. The van der Waals surface area contributed by atoms with Crippen molar-refractivity contribution in [2.24, 2.45) is 5.41 Å². The molecule has 34 heavy (non-hydrogen) atoms. The van der Waals surface area contributed by atoms with Crippen LogP contribution in [0.15, 0.2) is 48.5 Å². The average molecular weight is 489 g/mol. The predicted octanol–water partition coefficient (Wildman–Crippen LogP) is 4.69. The zero-order valence-electron chi connectivity index (χ0n) is 19.8. The van der Waals surface area contributed by atoms with Crippen LogP contribution in [-0.4, -0.2) is 40.7 Å². The van der Waals surface area contributed by atoms with Crippen LogP contribution in [-0.2, 0) is 19.1 Å². The number of rotatable bonds is 9. The molecule has 0 aromatic heterocycles. The zero-order valence-corrected chi connectivity index (χ0v) is 20.6. The van der Waals surface area contributed by atoms with E-state index in [2.05, 4.69) is 10.6 Å². The van der Waals surface area contributed by atoms with E-state index in [1.54, 1.807) is 52.0 Å². The second-order valence-corrected chi connectivity index (χ2v) is 10.1. The van der Waals surface area contributed by atoms with Gasteiger partial charge < -0.3 is 15.4 Å². The summed E-state index contributed by atoms with van der Waals surface area (Å²) < 4.78 is 18.2. The largest absolute Gasteiger partial charge is 0.453 e. The lowest BCUT2D eigenvalue weighted by molar-refractivity contribution is -0.145. The number of esters is 1. The van der Waals surface area contributed by atoms with Gasteiger partial charge in [0, 0.05) is 22.4 Å². The molecule has 9 heteroatoms. The molecule has 0 aliphatic carbocycles. The Morgan fingerprint density at radius 2 is 1.44 bits per heavy atom. The van der Waals surface area contributed by atoms with Gasteiger partial charge in [0.05, 0.1) is 5.75 Å². The van der Waals surface area contributed by atoms with Crippen molar-refractivity contribution < 1.29 is 28.3 Å². The molecule has 0 bridgehead atoms. The minimum absolute atomic E-state index is 0.0162. The molecular weight excluding hydrogens is 459 g/mol. The SMILES string of the molecule is CC(OC(=O)C(C)SCC(=O)Nc1ccc(F)cc1)C(=O)c1ccc(NC(=O)C(C)(C)C)cc1.